The fraction of sp³-hybridized carbons (Fsp3) is 0.0588. The van der Waals surface area contributed by atoms with Gasteiger partial charge in [0, 0.05) is 19.3 Å². The molecule has 3 aromatic rings. The summed E-state index contributed by atoms with van der Waals surface area (Å²) in [7, 11) is 1.33. The van der Waals surface area contributed by atoms with E-state index in [1.807, 2.05) is 0 Å². The fourth-order valence-electron chi connectivity index (χ4n) is 2.84. The smallest absolute Gasteiger partial charge is 0.341 e. The summed E-state index contributed by atoms with van der Waals surface area (Å²) in [6.45, 7) is 0. The number of anilines is 3. The number of carboxylic acid groups (broad SMARTS) is 1. The lowest BCUT2D eigenvalue weighted by Crippen LogP contribution is -2.21. The summed E-state index contributed by atoms with van der Waals surface area (Å²) >= 11 is 6.21. The SMILES string of the molecule is CNc1c(F)c(N)c2c(=O)c(C(=O)O)cn(-c3cc(N)c(F)cc3F)c2c1Cl. The third-order valence-corrected chi connectivity index (χ3v) is 4.53. The van der Waals surface area contributed by atoms with Crippen LogP contribution in [0.1, 0.15) is 10.4 Å². The van der Waals surface area contributed by atoms with E-state index in [1.165, 1.54) is 7.05 Å². The van der Waals surface area contributed by atoms with E-state index in [1.54, 1.807) is 0 Å². The van der Waals surface area contributed by atoms with Crippen molar-refractivity contribution in [3.63, 3.8) is 0 Å². The molecule has 0 spiro atoms. The molecule has 0 aliphatic carbocycles. The van der Waals surface area contributed by atoms with E-state index >= 15 is 0 Å². The molecule has 0 fully saturated rings. The number of aromatic nitrogens is 1. The molecule has 0 bridgehead atoms. The molecule has 0 aliphatic heterocycles. The highest BCUT2D eigenvalue weighted by Gasteiger charge is 2.25. The van der Waals surface area contributed by atoms with Crippen LogP contribution in [0.15, 0.2) is 23.1 Å². The number of carbonyl (C=O) groups is 1. The summed E-state index contributed by atoms with van der Waals surface area (Å²) in [6, 6.07) is 1.37. The lowest BCUT2D eigenvalue weighted by molar-refractivity contribution is 0.0695. The van der Waals surface area contributed by atoms with Crippen LogP contribution in [-0.4, -0.2) is 22.7 Å². The van der Waals surface area contributed by atoms with E-state index in [9.17, 15) is 27.9 Å². The van der Waals surface area contributed by atoms with E-state index in [-0.39, 0.29) is 16.2 Å². The van der Waals surface area contributed by atoms with Crippen molar-refractivity contribution in [3.8, 4) is 5.69 Å². The Balaban J connectivity index is 2.66. The van der Waals surface area contributed by atoms with Gasteiger partial charge >= 0.3 is 5.97 Å². The van der Waals surface area contributed by atoms with Crippen LogP contribution in [0, 0.1) is 17.5 Å². The van der Waals surface area contributed by atoms with Crippen LogP contribution < -0.4 is 22.2 Å². The number of halogens is 4. The lowest BCUT2D eigenvalue weighted by Gasteiger charge is -2.18. The second-order valence-corrected chi connectivity index (χ2v) is 6.14. The summed E-state index contributed by atoms with van der Waals surface area (Å²) < 4.78 is 43.4. The molecule has 0 amide bonds. The summed E-state index contributed by atoms with van der Waals surface area (Å²) in [5.74, 6) is -4.91. The van der Waals surface area contributed by atoms with E-state index in [0.717, 1.165) is 16.8 Å². The molecule has 0 atom stereocenters. The van der Waals surface area contributed by atoms with Gasteiger partial charge in [-0.15, -0.1) is 0 Å². The van der Waals surface area contributed by atoms with Crippen molar-refractivity contribution >= 4 is 45.5 Å². The maximum Gasteiger partial charge on any atom is 0.341 e. The van der Waals surface area contributed by atoms with E-state index in [2.05, 4.69) is 5.32 Å². The largest absolute Gasteiger partial charge is 0.477 e. The van der Waals surface area contributed by atoms with Crippen molar-refractivity contribution in [1.82, 2.24) is 4.57 Å². The minimum absolute atomic E-state index is 0.273. The highest BCUT2D eigenvalue weighted by Crippen LogP contribution is 2.38. The Hall–Kier alpha value is -3.40. The molecule has 0 aliphatic rings. The topological polar surface area (TPSA) is 123 Å². The van der Waals surface area contributed by atoms with Gasteiger partial charge in [-0.25, -0.2) is 18.0 Å². The maximum atomic E-state index is 14.5. The molecule has 1 heterocycles. The third kappa shape index (κ3) is 2.69. The van der Waals surface area contributed by atoms with Crippen molar-refractivity contribution in [1.29, 1.82) is 0 Å². The first-order valence-electron chi connectivity index (χ1n) is 7.61. The third-order valence-electron chi connectivity index (χ3n) is 4.17. The Kier molecular flexibility index (Phi) is 4.59. The molecule has 3 rings (SSSR count). The first kappa shape index (κ1) is 19.4. The van der Waals surface area contributed by atoms with Crippen LogP contribution in [0.3, 0.4) is 0 Å². The van der Waals surface area contributed by atoms with Crippen molar-refractivity contribution < 1.29 is 23.1 Å². The molecule has 28 heavy (non-hydrogen) atoms. The molecule has 1 aromatic heterocycles. The molecule has 11 heteroatoms. The number of carboxylic acids is 1. The number of nitrogens with two attached hydrogens (primary N) is 2. The number of nitrogen functional groups attached to an aromatic ring is 2. The Bertz CT molecular complexity index is 1230. The summed E-state index contributed by atoms with van der Waals surface area (Å²) in [6.07, 6.45) is 0.783. The predicted molar refractivity (Wildman–Crippen MR) is 99.8 cm³/mol. The van der Waals surface area contributed by atoms with Crippen molar-refractivity contribution in [2.75, 3.05) is 23.8 Å². The molecule has 6 N–H and O–H groups in total. The van der Waals surface area contributed by atoms with Gasteiger partial charge in [-0.2, -0.15) is 0 Å². The molecule has 7 nitrogen and oxygen atoms in total. The van der Waals surface area contributed by atoms with Gasteiger partial charge in [-0.05, 0) is 6.07 Å². The average molecular weight is 413 g/mol. The van der Waals surface area contributed by atoms with Gasteiger partial charge in [-0.3, -0.25) is 4.79 Å². The van der Waals surface area contributed by atoms with Gasteiger partial charge in [0.25, 0.3) is 0 Å². The van der Waals surface area contributed by atoms with Gasteiger partial charge in [0.2, 0.25) is 5.43 Å². The van der Waals surface area contributed by atoms with Crippen molar-refractivity contribution in [2.45, 2.75) is 0 Å². The van der Waals surface area contributed by atoms with Crippen molar-refractivity contribution in [3.05, 3.63) is 56.6 Å². The quantitative estimate of drug-likeness (QED) is 0.490. The summed E-state index contributed by atoms with van der Waals surface area (Å²) in [4.78, 5) is 24.1. The Labute approximate surface area is 159 Å². The van der Waals surface area contributed by atoms with Crippen LogP contribution in [0.2, 0.25) is 5.02 Å². The van der Waals surface area contributed by atoms with Crippen LogP contribution in [0.4, 0.5) is 30.2 Å². The lowest BCUT2D eigenvalue weighted by atomic mass is 10.1. The summed E-state index contributed by atoms with van der Waals surface area (Å²) in [5.41, 5.74) is 7.15. The summed E-state index contributed by atoms with van der Waals surface area (Å²) in [5, 5.41) is 10.9. The number of fused-ring (bicyclic) bond motifs is 1. The normalized spacial score (nSPS) is 11.0. The minimum atomic E-state index is -1.66. The molecule has 2 aromatic carbocycles. The number of aromatic carboxylic acids is 1. The van der Waals surface area contributed by atoms with Crippen LogP contribution in [-0.2, 0) is 0 Å². The van der Waals surface area contributed by atoms with Crippen LogP contribution >= 0.6 is 11.6 Å². The fourth-order valence-corrected chi connectivity index (χ4v) is 3.20. The van der Waals surface area contributed by atoms with Crippen molar-refractivity contribution in [2.24, 2.45) is 0 Å². The first-order chi connectivity index (χ1) is 13.1. The average Bonchev–Trinajstić information content (AvgIpc) is 2.63. The first-order valence-corrected chi connectivity index (χ1v) is 7.99. The Morgan fingerprint density at radius 2 is 1.86 bits per heavy atom. The monoisotopic (exact) mass is 412 g/mol. The van der Waals surface area contributed by atoms with E-state index in [0.29, 0.717) is 6.07 Å². The number of nitrogens with one attached hydrogen (secondary N) is 1. The molecule has 146 valence electrons. The Morgan fingerprint density at radius 3 is 2.43 bits per heavy atom. The van der Waals surface area contributed by atoms with Gasteiger partial charge < -0.3 is 26.5 Å². The van der Waals surface area contributed by atoms with Gasteiger partial charge in [0.15, 0.2) is 5.82 Å². The molecule has 0 saturated carbocycles. The maximum absolute atomic E-state index is 14.5. The van der Waals surface area contributed by atoms with E-state index in [4.69, 9.17) is 23.1 Å². The second-order valence-electron chi connectivity index (χ2n) is 5.76. The number of benzene rings is 2. The molecule has 0 saturated heterocycles. The van der Waals surface area contributed by atoms with Gasteiger partial charge in [0.1, 0.15) is 17.2 Å². The van der Waals surface area contributed by atoms with Crippen LogP contribution in [0.5, 0.6) is 0 Å². The predicted octanol–water partition coefficient (Wildman–Crippen LogP) is 2.97. The number of hydrogen-bond acceptors (Lipinski definition) is 5. The minimum Gasteiger partial charge on any atom is -0.477 e. The molecular weight excluding hydrogens is 401 g/mol. The van der Waals surface area contributed by atoms with Gasteiger partial charge in [0.05, 0.1) is 38.7 Å². The number of nitrogens with zero attached hydrogens (tertiary/aromatic N) is 1. The molecular formula is C17H12ClF3N4O3. The molecule has 0 unspecified atom stereocenters. The zero-order valence-corrected chi connectivity index (χ0v) is 14.9. The number of pyridine rings is 1. The number of hydrogen-bond donors (Lipinski definition) is 4. The van der Waals surface area contributed by atoms with E-state index < -0.39 is 56.9 Å². The number of rotatable bonds is 3. The van der Waals surface area contributed by atoms with Crippen LogP contribution in [0.25, 0.3) is 16.6 Å². The van der Waals surface area contributed by atoms with Gasteiger partial charge in [-0.1, -0.05) is 11.6 Å². The highest BCUT2D eigenvalue weighted by atomic mass is 35.5. The Morgan fingerprint density at radius 1 is 1.21 bits per heavy atom. The standard InChI is InChI=1S/C17H12ClF3N4O3/c1-24-14-11(18)15-10(13(23)12(14)21)16(26)5(17(27)28)4-25(15)9-3-8(22)6(19)2-7(9)20/h2-4,24H,22-23H2,1H3,(H,27,28). The zero-order valence-electron chi connectivity index (χ0n) is 14.1. The second kappa shape index (κ2) is 6.64. The molecule has 0 radical (unpaired) electrons. The highest BCUT2D eigenvalue weighted by molar-refractivity contribution is 6.38. The zero-order chi connectivity index (χ0) is 20.9.